The molecule has 29 heavy (non-hydrogen) atoms. The topological polar surface area (TPSA) is 49.8 Å². The number of hydrogen-bond donors (Lipinski definition) is 1. The molecule has 6 heteroatoms. The zero-order valence-electron chi connectivity index (χ0n) is 16.3. The first-order chi connectivity index (χ1) is 14.1. The van der Waals surface area contributed by atoms with Crippen LogP contribution in [0.25, 0.3) is 10.1 Å². The van der Waals surface area contributed by atoms with E-state index in [0.29, 0.717) is 24.5 Å². The number of likely N-dealkylation sites (tertiary alicyclic amines) is 1. The Balaban J connectivity index is 1.78. The number of aliphatic carboxylic acids is 1. The Morgan fingerprint density at radius 2 is 2.00 bits per heavy atom. The predicted molar refractivity (Wildman–Crippen MR) is 118 cm³/mol. The zero-order valence-corrected chi connectivity index (χ0v) is 17.9. The van der Waals surface area contributed by atoms with Gasteiger partial charge in [0, 0.05) is 20.2 Å². The van der Waals surface area contributed by atoms with Gasteiger partial charge in [0.25, 0.3) is 0 Å². The summed E-state index contributed by atoms with van der Waals surface area (Å²) in [7, 11) is 0. The van der Waals surface area contributed by atoms with Crippen molar-refractivity contribution in [3.8, 4) is 5.75 Å². The number of carboxylic acid groups (broad SMARTS) is 1. The molecule has 0 amide bonds. The number of fused-ring (bicyclic) bond motifs is 1. The van der Waals surface area contributed by atoms with Gasteiger partial charge in [0.2, 0.25) is 0 Å². The average molecular weight is 430 g/mol. The fourth-order valence-electron chi connectivity index (χ4n) is 4.09. The fourth-order valence-corrected chi connectivity index (χ4v) is 5.49. The second-order valence-corrected chi connectivity index (χ2v) is 8.90. The van der Waals surface area contributed by atoms with Crippen molar-refractivity contribution in [2.75, 3.05) is 19.7 Å². The molecule has 2 aromatic carbocycles. The molecule has 152 valence electrons. The number of benzene rings is 2. The Kier molecular flexibility index (Phi) is 6.09. The van der Waals surface area contributed by atoms with E-state index in [9.17, 15) is 9.90 Å². The first-order valence-electron chi connectivity index (χ1n) is 9.94. The highest BCUT2D eigenvalue weighted by molar-refractivity contribution is 7.19. The Hall–Kier alpha value is -2.08. The molecule has 1 N–H and O–H groups in total. The molecule has 1 aliphatic heterocycles. The van der Waals surface area contributed by atoms with E-state index in [0.717, 1.165) is 24.4 Å². The largest absolute Gasteiger partial charge is 0.494 e. The Bertz CT molecular complexity index is 977. The highest BCUT2D eigenvalue weighted by Crippen LogP contribution is 2.42. The molecule has 1 fully saturated rings. The summed E-state index contributed by atoms with van der Waals surface area (Å²) in [5.74, 6) is -0.124. The quantitative estimate of drug-likeness (QED) is 0.534. The molecule has 1 atom stereocenters. The van der Waals surface area contributed by atoms with E-state index in [-0.39, 0.29) is 12.0 Å². The minimum absolute atomic E-state index is 0.0117. The van der Waals surface area contributed by atoms with Crippen molar-refractivity contribution < 1.29 is 14.6 Å². The first-order valence-corrected chi connectivity index (χ1v) is 11.1. The SMILES string of the molecule is CCOc1ccc(Cl)cc1C(c1cc2ccccc2s1)N1CCC(C(=O)O)CC1. The van der Waals surface area contributed by atoms with Gasteiger partial charge in [-0.1, -0.05) is 29.8 Å². The molecule has 4 nitrogen and oxygen atoms in total. The third-order valence-electron chi connectivity index (χ3n) is 5.52. The molecular weight excluding hydrogens is 406 g/mol. The lowest BCUT2D eigenvalue weighted by Gasteiger charge is -2.37. The predicted octanol–water partition coefficient (Wildman–Crippen LogP) is 5.84. The summed E-state index contributed by atoms with van der Waals surface area (Å²) in [6, 6.07) is 16.4. The molecule has 0 saturated carbocycles. The van der Waals surface area contributed by atoms with Gasteiger partial charge in [0.05, 0.1) is 18.6 Å². The molecule has 0 radical (unpaired) electrons. The lowest BCUT2D eigenvalue weighted by Crippen LogP contribution is -2.39. The summed E-state index contributed by atoms with van der Waals surface area (Å²) in [6.45, 7) is 4.02. The van der Waals surface area contributed by atoms with E-state index in [4.69, 9.17) is 16.3 Å². The first kappa shape index (κ1) is 20.2. The van der Waals surface area contributed by atoms with Crippen LogP contribution in [-0.4, -0.2) is 35.7 Å². The molecule has 1 aliphatic rings. The summed E-state index contributed by atoms with van der Waals surface area (Å²) < 4.78 is 7.19. The summed E-state index contributed by atoms with van der Waals surface area (Å²) in [5.41, 5.74) is 1.04. The molecule has 0 spiro atoms. The maximum atomic E-state index is 11.4. The molecule has 3 aromatic rings. The molecule has 1 saturated heterocycles. The number of nitrogens with zero attached hydrogens (tertiary/aromatic N) is 1. The van der Waals surface area contributed by atoms with E-state index in [1.165, 1.54) is 15.0 Å². The molecule has 1 aromatic heterocycles. The average Bonchev–Trinajstić information content (AvgIpc) is 3.14. The van der Waals surface area contributed by atoms with Crippen molar-refractivity contribution in [2.24, 2.45) is 5.92 Å². The number of piperidine rings is 1. The third-order valence-corrected chi connectivity index (χ3v) is 6.93. The van der Waals surface area contributed by atoms with Crippen LogP contribution in [-0.2, 0) is 4.79 Å². The molecule has 0 bridgehead atoms. The number of rotatable bonds is 6. The Labute approximate surface area is 179 Å². The van der Waals surface area contributed by atoms with Crippen molar-refractivity contribution >= 4 is 39.0 Å². The monoisotopic (exact) mass is 429 g/mol. The number of thiophene rings is 1. The van der Waals surface area contributed by atoms with Gasteiger partial charge in [-0.2, -0.15) is 0 Å². The minimum Gasteiger partial charge on any atom is -0.494 e. The van der Waals surface area contributed by atoms with Crippen LogP contribution in [0.5, 0.6) is 5.75 Å². The van der Waals surface area contributed by atoms with Gasteiger partial charge >= 0.3 is 5.97 Å². The van der Waals surface area contributed by atoms with Gasteiger partial charge in [0.15, 0.2) is 0 Å². The molecule has 1 unspecified atom stereocenters. The Morgan fingerprint density at radius 1 is 1.24 bits per heavy atom. The van der Waals surface area contributed by atoms with Crippen LogP contribution >= 0.6 is 22.9 Å². The van der Waals surface area contributed by atoms with E-state index >= 15 is 0 Å². The van der Waals surface area contributed by atoms with Crippen LogP contribution in [0.3, 0.4) is 0 Å². The second-order valence-electron chi connectivity index (χ2n) is 7.35. The normalized spacial score (nSPS) is 16.8. The lowest BCUT2D eigenvalue weighted by molar-refractivity contribution is -0.143. The number of hydrogen-bond acceptors (Lipinski definition) is 4. The van der Waals surface area contributed by atoms with Crippen LogP contribution in [0.15, 0.2) is 48.5 Å². The smallest absolute Gasteiger partial charge is 0.306 e. The van der Waals surface area contributed by atoms with Crippen molar-refractivity contribution in [1.29, 1.82) is 0 Å². The van der Waals surface area contributed by atoms with Crippen LogP contribution in [0.4, 0.5) is 0 Å². The summed E-state index contributed by atoms with van der Waals surface area (Å²) >= 11 is 8.16. The maximum absolute atomic E-state index is 11.4. The van der Waals surface area contributed by atoms with E-state index in [1.54, 1.807) is 11.3 Å². The van der Waals surface area contributed by atoms with Gasteiger partial charge < -0.3 is 9.84 Å². The van der Waals surface area contributed by atoms with E-state index in [2.05, 4.69) is 35.2 Å². The van der Waals surface area contributed by atoms with Crippen molar-refractivity contribution in [1.82, 2.24) is 4.90 Å². The Morgan fingerprint density at radius 3 is 2.69 bits per heavy atom. The lowest BCUT2D eigenvalue weighted by atomic mass is 9.93. The highest BCUT2D eigenvalue weighted by atomic mass is 35.5. The van der Waals surface area contributed by atoms with Crippen LogP contribution in [0.1, 0.15) is 36.2 Å². The van der Waals surface area contributed by atoms with Gasteiger partial charge in [-0.15, -0.1) is 11.3 Å². The van der Waals surface area contributed by atoms with Gasteiger partial charge in [-0.3, -0.25) is 9.69 Å². The summed E-state index contributed by atoms with van der Waals surface area (Å²) in [4.78, 5) is 15.0. The number of halogens is 1. The maximum Gasteiger partial charge on any atom is 0.306 e. The van der Waals surface area contributed by atoms with Gasteiger partial charge in [-0.25, -0.2) is 0 Å². The zero-order chi connectivity index (χ0) is 20.4. The molecule has 0 aliphatic carbocycles. The van der Waals surface area contributed by atoms with Crippen LogP contribution in [0.2, 0.25) is 5.02 Å². The summed E-state index contributed by atoms with van der Waals surface area (Å²) in [6.07, 6.45) is 1.31. The number of ether oxygens (including phenoxy) is 1. The van der Waals surface area contributed by atoms with Gasteiger partial charge in [0.1, 0.15) is 5.75 Å². The van der Waals surface area contributed by atoms with Crippen LogP contribution in [0, 0.1) is 5.92 Å². The minimum atomic E-state index is -0.694. The van der Waals surface area contributed by atoms with Gasteiger partial charge in [-0.05, 0) is 68.6 Å². The van der Waals surface area contributed by atoms with Crippen molar-refractivity contribution in [3.63, 3.8) is 0 Å². The number of carbonyl (C=O) groups is 1. The van der Waals surface area contributed by atoms with Crippen LogP contribution < -0.4 is 4.74 Å². The van der Waals surface area contributed by atoms with Crippen molar-refractivity contribution in [2.45, 2.75) is 25.8 Å². The number of carboxylic acids is 1. The highest BCUT2D eigenvalue weighted by Gasteiger charge is 2.32. The third kappa shape index (κ3) is 4.27. The van der Waals surface area contributed by atoms with E-state index < -0.39 is 5.97 Å². The second kappa shape index (κ2) is 8.74. The molecular formula is C23H24ClNO3S. The van der Waals surface area contributed by atoms with E-state index in [1.807, 2.05) is 25.1 Å². The molecule has 2 heterocycles. The summed E-state index contributed by atoms with van der Waals surface area (Å²) in [5, 5.41) is 11.3. The van der Waals surface area contributed by atoms with Crippen molar-refractivity contribution in [3.05, 3.63) is 64.0 Å². The standard InChI is InChI=1S/C23H24ClNO3S/c1-2-28-19-8-7-17(24)14-18(19)22(25-11-9-15(10-12-25)23(26)27)21-13-16-5-3-4-6-20(16)29-21/h3-8,13-15,22H,2,9-12H2,1H3,(H,26,27). The fraction of sp³-hybridized carbons (Fsp3) is 0.348. The molecule has 4 rings (SSSR count).